The number of furan rings is 1. The maximum atomic E-state index is 11.0. The van der Waals surface area contributed by atoms with E-state index in [0.29, 0.717) is 5.76 Å². The summed E-state index contributed by atoms with van der Waals surface area (Å²) in [5.74, 6) is 0.628. The van der Waals surface area contributed by atoms with E-state index in [9.17, 15) is 8.42 Å². The van der Waals surface area contributed by atoms with E-state index in [-0.39, 0.29) is 11.1 Å². The van der Waals surface area contributed by atoms with E-state index in [4.69, 9.17) is 4.42 Å². The zero-order valence-electron chi connectivity index (χ0n) is 7.78. The zero-order valence-corrected chi connectivity index (χ0v) is 8.60. The predicted octanol–water partition coefficient (Wildman–Crippen LogP) is 0.376. The highest BCUT2D eigenvalue weighted by Gasteiger charge is 2.16. The van der Waals surface area contributed by atoms with Crippen molar-refractivity contribution >= 4 is 9.84 Å². The second-order valence-corrected chi connectivity index (χ2v) is 4.98. The van der Waals surface area contributed by atoms with E-state index in [1.54, 1.807) is 6.07 Å². The molecule has 1 atom stereocenters. The Morgan fingerprint density at radius 1 is 1.54 bits per heavy atom. The van der Waals surface area contributed by atoms with Crippen LogP contribution in [0, 0.1) is 0 Å². The SMILES string of the molecule is CC[C@H]([NH3+])c1ccc(S(C)(=O)=O)o1. The summed E-state index contributed by atoms with van der Waals surface area (Å²) < 4.78 is 27.2. The molecule has 0 aliphatic rings. The van der Waals surface area contributed by atoms with E-state index in [2.05, 4.69) is 5.73 Å². The first-order valence-electron chi connectivity index (χ1n) is 4.08. The van der Waals surface area contributed by atoms with Crippen molar-refractivity contribution in [3.63, 3.8) is 0 Å². The molecule has 1 heterocycles. The van der Waals surface area contributed by atoms with Crippen molar-refractivity contribution in [3.8, 4) is 0 Å². The molecule has 0 fully saturated rings. The van der Waals surface area contributed by atoms with Crippen LogP contribution in [0.25, 0.3) is 0 Å². The maximum absolute atomic E-state index is 11.0. The van der Waals surface area contributed by atoms with Crippen LogP contribution in [-0.2, 0) is 9.84 Å². The molecule has 0 aromatic carbocycles. The lowest BCUT2D eigenvalue weighted by atomic mass is 10.2. The van der Waals surface area contributed by atoms with E-state index >= 15 is 0 Å². The molecule has 13 heavy (non-hydrogen) atoms. The lowest BCUT2D eigenvalue weighted by Gasteiger charge is -1.99. The van der Waals surface area contributed by atoms with Crippen molar-refractivity contribution in [1.82, 2.24) is 0 Å². The Morgan fingerprint density at radius 3 is 2.54 bits per heavy atom. The number of hydrogen-bond donors (Lipinski definition) is 1. The summed E-state index contributed by atoms with van der Waals surface area (Å²) in [4.78, 5) is 0. The summed E-state index contributed by atoms with van der Waals surface area (Å²) in [7, 11) is -3.22. The monoisotopic (exact) mass is 204 g/mol. The van der Waals surface area contributed by atoms with Gasteiger partial charge in [-0.05, 0) is 12.1 Å². The Morgan fingerprint density at radius 2 is 2.15 bits per heavy atom. The molecule has 0 unspecified atom stereocenters. The smallest absolute Gasteiger partial charge is 0.218 e. The summed E-state index contributed by atoms with van der Waals surface area (Å²) in [6.45, 7) is 1.97. The van der Waals surface area contributed by atoms with Gasteiger partial charge in [-0.2, -0.15) is 0 Å². The number of rotatable bonds is 3. The fourth-order valence-corrected chi connectivity index (χ4v) is 1.52. The van der Waals surface area contributed by atoms with Gasteiger partial charge in [0.25, 0.3) is 0 Å². The van der Waals surface area contributed by atoms with Gasteiger partial charge < -0.3 is 10.2 Å². The van der Waals surface area contributed by atoms with Crippen LogP contribution in [-0.4, -0.2) is 14.7 Å². The summed E-state index contributed by atoms with van der Waals surface area (Å²) in [6.07, 6.45) is 1.95. The summed E-state index contributed by atoms with van der Waals surface area (Å²) in [5, 5.41) is 0.0181. The van der Waals surface area contributed by atoms with Crippen molar-refractivity contribution in [2.45, 2.75) is 24.5 Å². The fourth-order valence-electron chi connectivity index (χ4n) is 0.954. The molecular weight excluding hydrogens is 190 g/mol. The Balaban J connectivity index is 3.00. The molecule has 0 amide bonds. The van der Waals surface area contributed by atoms with Gasteiger partial charge in [0.1, 0.15) is 6.04 Å². The quantitative estimate of drug-likeness (QED) is 0.773. The minimum absolute atomic E-state index is 0.0181. The Bertz CT molecular complexity index is 380. The van der Waals surface area contributed by atoms with Crippen LogP contribution in [0.2, 0.25) is 0 Å². The third-order valence-electron chi connectivity index (χ3n) is 1.86. The average molecular weight is 204 g/mol. The van der Waals surface area contributed by atoms with Crippen LogP contribution in [0.4, 0.5) is 0 Å². The van der Waals surface area contributed by atoms with Crippen LogP contribution in [0.3, 0.4) is 0 Å². The fraction of sp³-hybridized carbons (Fsp3) is 0.500. The van der Waals surface area contributed by atoms with E-state index < -0.39 is 9.84 Å². The Kier molecular flexibility index (Phi) is 2.77. The summed E-state index contributed by atoms with van der Waals surface area (Å²) in [5.41, 5.74) is 3.83. The maximum Gasteiger partial charge on any atom is 0.218 e. The second kappa shape index (κ2) is 3.51. The Hall–Kier alpha value is -0.810. The molecule has 1 aromatic rings. The molecule has 5 heteroatoms. The molecule has 0 aliphatic carbocycles. The van der Waals surface area contributed by atoms with Gasteiger partial charge in [-0.3, -0.25) is 0 Å². The first-order valence-corrected chi connectivity index (χ1v) is 5.97. The summed E-state index contributed by atoms with van der Waals surface area (Å²) in [6, 6.07) is 3.16. The molecule has 74 valence electrons. The first-order chi connectivity index (χ1) is 5.95. The normalized spacial score (nSPS) is 14.4. The van der Waals surface area contributed by atoms with Gasteiger partial charge in [0, 0.05) is 12.7 Å². The van der Waals surface area contributed by atoms with Gasteiger partial charge >= 0.3 is 0 Å². The molecule has 0 saturated carbocycles. The van der Waals surface area contributed by atoms with Crippen LogP contribution >= 0.6 is 0 Å². The van der Waals surface area contributed by atoms with Crippen LogP contribution < -0.4 is 5.73 Å². The number of hydrogen-bond acceptors (Lipinski definition) is 3. The number of quaternary nitrogens is 1. The molecule has 0 spiro atoms. The lowest BCUT2D eigenvalue weighted by Crippen LogP contribution is -2.52. The first kappa shape index (κ1) is 10.3. The van der Waals surface area contributed by atoms with Gasteiger partial charge in [-0.15, -0.1) is 0 Å². The van der Waals surface area contributed by atoms with Crippen LogP contribution in [0.5, 0.6) is 0 Å². The highest BCUT2D eigenvalue weighted by molar-refractivity contribution is 7.90. The van der Waals surface area contributed by atoms with Crippen LogP contribution in [0.15, 0.2) is 21.6 Å². The predicted molar refractivity (Wildman–Crippen MR) is 47.7 cm³/mol. The van der Waals surface area contributed by atoms with Gasteiger partial charge in [0.05, 0.1) is 0 Å². The van der Waals surface area contributed by atoms with Crippen molar-refractivity contribution in [2.24, 2.45) is 0 Å². The molecular formula is C8H14NO3S+. The van der Waals surface area contributed by atoms with E-state index in [0.717, 1.165) is 12.7 Å². The van der Waals surface area contributed by atoms with Gasteiger partial charge in [0.2, 0.25) is 14.9 Å². The molecule has 4 nitrogen and oxygen atoms in total. The van der Waals surface area contributed by atoms with Crippen LogP contribution in [0.1, 0.15) is 25.1 Å². The Labute approximate surface area is 77.7 Å². The lowest BCUT2D eigenvalue weighted by molar-refractivity contribution is -0.431. The van der Waals surface area contributed by atoms with Crippen molar-refractivity contribution in [3.05, 3.63) is 17.9 Å². The van der Waals surface area contributed by atoms with Crippen molar-refractivity contribution in [1.29, 1.82) is 0 Å². The molecule has 0 bridgehead atoms. The largest absolute Gasteiger partial charge is 0.443 e. The minimum Gasteiger partial charge on any atom is -0.443 e. The van der Waals surface area contributed by atoms with Gasteiger partial charge in [0.15, 0.2) is 5.76 Å². The molecule has 3 N–H and O–H groups in total. The molecule has 0 saturated heterocycles. The van der Waals surface area contributed by atoms with Crippen molar-refractivity contribution in [2.75, 3.05) is 6.26 Å². The highest BCUT2D eigenvalue weighted by Crippen LogP contribution is 2.18. The molecule has 0 aliphatic heterocycles. The third-order valence-corrected chi connectivity index (χ3v) is 2.81. The van der Waals surface area contributed by atoms with Gasteiger partial charge in [-0.25, -0.2) is 8.42 Å². The standard InChI is InChI=1S/C8H13NO3S/c1-3-6(9)7-4-5-8(12-7)13(2,10)11/h4-6H,3,9H2,1-2H3/p+1/t6-/m0/s1. The minimum atomic E-state index is -3.22. The molecule has 1 aromatic heterocycles. The third kappa shape index (κ3) is 2.32. The number of sulfone groups is 1. The average Bonchev–Trinajstić information content (AvgIpc) is 2.50. The highest BCUT2D eigenvalue weighted by atomic mass is 32.2. The zero-order chi connectivity index (χ0) is 10.1. The molecule has 1 rings (SSSR count). The molecule has 0 radical (unpaired) electrons. The second-order valence-electron chi connectivity index (χ2n) is 3.03. The van der Waals surface area contributed by atoms with Gasteiger partial charge in [-0.1, -0.05) is 6.92 Å². The van der Waals surface area contributed by atoms with E-state index in [1.165, 1.54) is 6.07 Å². The van der Waals surface area contributed by atoms with E-state index in [1.807, 2.05) is 6.92 Å². The summed E-state index contributed by atoms with van der Waals surface area (Å²) >= 11 is 0. The topological polar surface area (TPSA) is 74.9 Å². The van der Waals surface area contributed by atoms with Crippen molar-refractivity contribution < 1.29 is 18.6 Å².